The lowest BCUT2D eigenvalue weighted by atomic mass is 9.94. The topological polar surface area (TPSA) is 51.8 Å². The molecule has 2 N–H and O–H groups in total. The SMILES string of the molecule is Cc1cnc(C(N)Cc2c(C)cc(C)cc2C)nc1. The summed E-state index contributed by atoms with van der Waals surface area (Å²) in [5.41, 5.74) is 12.5. The highest BCUT2D eigenvalue weighted by Gasteiger charge is 2.13. The summed E-state index contributed by atoms with van der Waals surface area (Å²) in [6.07, 6.45) is 4.41. The largest absolute Gasteiger partial charge is 0.321 e. The van der Waals surface area contributed by atoms with E-state index in [1.165, 1.54) is 22.3 Å². The Morgan fingerprint density at radius 1 is 0.947 bits per heavy atom. The zero-order chi connectivity index (χ0) is 14.0. The van der Waals surface area contributed by atoms with Crippen LogP contribution in [-0.4, -0.2) is 9.97 Å². The van der Waals surface area contributed by atoms with Crippen molar-refractivity contribution in [1.82, 2.24) is 9.97 Å². The normalized spacial score (nSPS) is 12.5. The van der Waals surface area contributed by atoms with Gasteiger partial charge in [0.15, 0.2) is 0 Å². The van der Waals surface area contributed by atoms with Crippen molar-refractivity contribution in [3.63, 3.8) is 0 Å². The maximum Gasteiger partial charge on any atom is 0.145 e. The molecule has 0 bridgehead atoms. The molecule has 1 atom stereocenters. The Bertz CT molecular complexity index is 550. The number of rotatable bonds is 3. The summed E-state index contributed by atoms with van der Waals surface area (Å²) >= 11 is 0. The van der Waals surface area contributed by atoms with Crippen LogP contribution in [0.3, 0.4) is 0 Å². The highest BCUT2D eigenvalue weighted by molar-refractivity contribution is 5.38. The fourth-order valence-electron chi connectivity index (χ4n) is 2.44. The van der Waals surface area contributed by atoms with E-state index >= 15 is 0 Å². The second kappa shape index (κ2) is 5.49. The molecule has 1 aromatic carbocycles. The lowest BCUT2D eigenvalue weighted by Crippen LogP contribution is -2.17. The lowest BCUT2D eigenvalue weighted by Gasteiger charge is -2.15. The third-order valence-electron chi connectivity index (χ3n) is 3.40. The van der Waals surface area contributed by atoms with Crippen molar-refractivity contribution in [2.45, 2.75) is 40.2 Å². The van der Waals surface area contributed by atoms with Gasteiger partial charge in [0, 0.05) is 12.4 Å². The molecule has 1 aromatic heterocycles. The smallest absolute Gasteiger partial charge is 0.145 e. The maximum atomic E-state index is 6.23. The lowest BCUT2D eigenvalue weighted by molar-refractivity contribution is 0.661. The van der Waals surface area contributed by atoms with Gasteiger partial charge in [-0.25, -0.2) is 9.97 Å². The standard InChI is InChI=1S/C16H21N3/c1-10-5-12(3)14(13(4)6-10)7-15(17)16-18-8-11(2)9-19-16/h5-6,8-9,15H,7,17H2,1-4H3. The molecule has 1 heterocycles. The Labute approximate surface area is 114 Å². The molecule has 1 unspecified atom stereocenters. The van der Waals surface area contributed by atoms with Crippen molar-refractivity contribution in [2.24, 2.45) is 5.73 Å². The Kier molecular flexibility index (Phi) is 3.96. The van der Waals surface area contributed by atoms with Crippen LogP contribution in [0.4, 0.5) is 0 Å². The summed E-state index contributed by atoms with van der Waals surface area (Å²) in [6.45, 7) is 8.37. The fourth-order valence-corrected chi connectivity index (χ4v) is 2.44. The van der Waals surface area contributed by atoms with Crippen molar-refractivity contribution < 1.29 is 0 Å². The molecule has 0 saturated heterocycles. The second-order valence-corrected chi connectivity index (χ2v) is 5.31. The zero-order valence-corrected chi connectivity index (χ0v) is 12.1. The number of benzene rings is 1. The van der Waals surface area contributed by atoms with Gasteiger partial charge in [0.25, 0.3) is 0 Å². The first-order valence-electron chi connectivity index (χ1n) is 6.58. The molecule has 100 valence electrons. The van der Waals surface area contributed by atoms with E-state index in [2.05, 4.69) is 42.9 Å². The number of aryl methyl sites for hydroxylation is 4. The first-order valence-corrected chi connectivity index (χ1v) is 6.58. The van der Waals surface area contributed by atoms with Gasteiger partial charge in [-0.05, 0) is 56.4 Å². The van der Waals surface area contributed by atoms with Crippen molar-refractivity contribution >= 4 is 0 Å². The zero-order valence-electron chi connectivity index (χ0n) is 12.1. The molecule has 0 radical (unpaired) electrons. The molecule has 0 amide bonds. The minimum absolute atomic E-state index is 0.152. The predicted molar refractivity (Wildman–Crippen MR) is 78.1 cm³/mol. The number of hydrogen-bond acceptors (Lipinski definition) is 3. The van der Waals surface area contributed by atoms with E-state index < -0.39 is 0 Å². The summed E-state index contributed by atoms with van der Waals surface area (Å²) < 4.78 is 0. The highest BCUT2D eigenvalue weighted by atomic mass is 14.9. The van der Waals surface area contributed by atoms with Crippen LogP contribution in [0.5, 0.6) is 0 Å². The van der Waals surface area contributed by atoms with Crippen LogP contribution >= 0.6 is 0 Å². The quantitative estimate of drug-likeness (QED) is 0.917. The van der Waals surface area contributed by atoms with E-state index in [1.54, 1.807) is 0 Å². The molecule has 0 aliphatic rings. The van der Waals surface area contributed by atoms with Crippen LogP contribution in [0.15, 0.2) is 24.5 Å². The predicted octanol–water partition coefficient (Wildman–Crippen LogP) is 2.95. The Hall–Kier alpha value is -1.74. The maximum absolute atomic E-state index is 6.23. The van der Waals surface area contributed by atoms with Gasteiger partial charge >= 0.3 is 0 Å². The molecule has 0 spiro atoms. The summed E-state index contributed by atoms with van der Waals surface area (Å²) in [4.78, 5) is 8.63. The van der Waals surface area contributed by atoms with Crippen LogP contribution in [-0.2, 0) is 6.42 Å². The monoisotopic (exact) mass is 255 g/mol. The van der Waals surface area contributed by atoms with Crippen LogP contribution in [0.1, 0.15) is 39.7 Å². The molecule has 0 aliphatic heterocycles. The Morgan fingerprint density at radius 2 is 1.47 bits per heavy atom. The Balaban J connectivity index is 2.24. The van der Waals surface area contributed by atoms with Gasteiger partial charge in [-0.15, -0.1) is 0 Å². The fraction of sp³-hybridized carbons (Fsp3) is 0.375. The van der Waals surface area contributed by atoms with E-state index in [-0.39, 0.29) is 6.04 Å². The molecular formula is C16H21N3. The number of aromatic nitrogens is 2. The van der Waals surface area contributed by atoms with Crippen molar-refractivity contribution in [3.05, 3.63) is 58.2 Å². The minimum Gasteiger partial charge on any atom is -0.321 e. The number of hydrogen-bond donors (Lipinski definition) is 1. The van der Waals surface area contributed by atoms with E-state index in [9.17, 15) is 0 Å². The highest BCUT2D eigenvalue weighted by Crippen LogP contribution is 2.21. The molecule has 0 saturated carbocycles. The molecule has 19 heavy (non-hydrogen) atoms. The molecule has 3 heteroatoms. The van der Waals surface area contributed by atoms with Gasteiger partial charge in [-0.3, -0.25) is 0 Å². The average Bonchev–Trinajstić information content (AvgIpc) is 2.34. The van der Waals surface area contributed by atoms with Crippen LogP contribution in [0, 0.1) is 27.7 Å². The molecule has 2 aromatic rings. The molecule has 0 aliphatic carbocycles. The van der Waals surface area contributed by atoms with Gasteiger partial charge in [-0.1, -0.05) is 17.7 Å². The van der Waals surface area contributed by atoms with Crippen LogP contribution in [0.25, 0.3) is 0 Å². The van der Waals surface area contributed by atoms with Crippen LogP contribution < -0.4 is 5.73 Å². The summed E-state index contributed by atoms with van der Waals surface area (Å²) in [6, 6.07) is 4.25. The van der Waals surface area contributed by atoms with Crippen molar-refractivity contribution in [2.75, 3.05) is 0 Å². The van der Waals surface area contributed by atoms with Crippen LogP contribution in [0.2, 0.25) is 0 Å². The van der Waals surface area contributed by atoms with Crippen molar-refractivity contribution in [3.8, 4) is 0 Å². The number of nitrogens with zero attached hydrogens (tertiary/aromatic N) is 2. The summed E-state index contributed by atoms with van der Waals surface area (Å²) in [5.74, 6) is 0.713. The minimum atomic E-state index is -0.152. The van der Waals surface area contributed by atoms with E-state index in [0.29, 0.717) is 5.82 Å². The molecular weight excluding hydrogens is 234 g/mol. The molecule has 0 fully saturated rings. The van der Waals surface area contributed by atoms with Crippen molar-refractivity contribution in [1.29, 1.82) is 0 Å². The second-order valence-electron chi connectivity index (χ2n) is 5.31. The third-order valence-corrected chi connectivity index (χ3v) is 3.40. The van der Waals surface area contributed by atoms with Gasteiger partial charge in [-0.2, -0.15) is 0 Å². The van der Waals surface area contributed by atoms with Gasteiger partial charge < -0.3 is 5.73 Å². The third kappa shape index (κ3) is 3.18. The Morgan fingerprint density at radius 3 is 2.00 bits per heavy atom. The van der Waals surface area contributed by atoms with E-state index in [0.717, 1.165) is 12.0 Å². The van der Waals surface area contributed by atoms with Gasteiger partial charge in [0.1, 0.15) is 5.82 Å². The molecule has 3 nitrogen and oxygen atoms in total. The number of nitrogens with two attached hydrogens (primary N) is 1. The molecule has 2 rings (SSSR count). The first-order chi connectivity index (χ1) is 8.97. The van der Waals surface area contributed by atoms with Gasteiger partial charge in [0.2, 0.25) is 0 Å². The first kappa shape index (κ1) is 13.7. The summed E-state index contributed by atoms with van der Waals surface area (Å²) in [5, 5.41) is 0. The van der Waals surface area contributed by atoms with Gasteiger partial charge in [0.05, 0.1) is 6.04 Å². The summed E-state index contributed by atoms with van der Waals surface area (Å²) in [7, 11) is 0. The van der Waals surface area contributed by atoms with E-state index in [1.807, 2.05) is 19.3 Å². The average molecular weight is 255 g/mol. The van der Waals surface area contributed by atoms with E-state index in [4.69, 9.17) is 5.73 Å².